The van der Waals surface area contributed by atoms with Gasteiger partial charge in [-0.15, -0.1) is 0 Å². The maximum absolute atomic E-state index is 12.7. The van der Waals surface area contributed by atoms with Crippen molar-refractivity contribution < 1.29 is 14.3 Å². The van der Waals surface area contributed by atoms with Crippen LogP contribution < -0.4 is 5.32 Å². The first-order valence-electron chi connectivity index (χ1n) is 8.32. The summed E-state index contributed by atoms with van der Waals surface area (Å²) >= 11 is 11.9. The first-order valence-corrected chi connectivity index (χ1v) is 9.08. The Hall–Kier alpha value is -2.24. The first-order chi connectivity index (χ1) is 12.5. The van der Waals surface area contributed by atoms with E-state index in [1.165, 1.54) is 0 Å². The van der Waals surface area contributed by atoms with Gasteiger partial charge in [-0.3, -0.25) is 0 Å². The fraction of sp³-hybridized carbons (Fsp3) is 0.263. The Morgan fingerprint density at radius 3 is 2.77 bits per heavy atom. The second-order valence-electron chi connectivity index (χ2n) is 6.51. The standard InChI is InChI=1S/C19H16Cl2N2O3/c20-15-7-6-12(10-16(15)21)22-18(25)23-9-3-8-19(11-23)14-5-2-1-4-13(14)17(24)26-19/h1-2,4-7,10H,3,8-9,11H2,(H,22,25)/t19-/m0/s1. The molecule has 0 unspecified atom stereocenters. The number of amides is 2. The maximum atomic E-state index is 12.7. The van der Waals surface area contributed by atoms with Crippen molar-refractivity contribution in [2.45, 2.75) is 18.4 Å². The first kappa shape index (κ1) is 17.2. The molecule has 0 bridgehead atoms. The molecule has 134 valence electrons. The van der Waals surface area contributed by atoms with Crippen LogP contribution in [0.1, 0.15) is 28.8 Å². The SMILES string of the molecule is O=C1O[C@]2(CCCN(C(=O)Nc3ccc(Cl)c(Cl)c3)C2)c2ccccc21. The van der Waals surface area contributed by atoms with E-state index in [-0.39, 0.29) is 12.0 Å². The third kappa shape index (κ3) is 2.91. The van der Waals surface area contributed by atoms with Crippen molar-refractivity contribution in [1.82, 2.24) is 4.90 Å². The van der Waals surface area contributed by atoms with Gasteiger partial charge in [-0.2, -0.15) is 0 Å². The van der Waals surface area contributed by atoms with Gasteiger partial charge in [-0.25, -0.2) is 9.59 Å². The van der Waals surface area contributed by atoms with Crippen LogP contribution in [0.25, 0.3) is 0 Å². The van der Waals surface area contributed by atoms with Gasteiger partial charge in [-0.1, -0.05) is 41.4 Å². The summed E-state index contributed by atoms with van der Waals surface area (Å²) in [7, 11) is 0. The fourth-order valence-corrected chi connectivity index (χ4v) is 3.92. The topological polar surface area (TPSA) is 58.6 Å². The second-order valence-corrected chi connectivity index (χ2v) is 7.33. The summed E-state index contributed by atoms with van der Waals surface area (Å²) in [6, 6.07) is 12.0. The number of hydrogen-bond donors (Lipinski definition) is 1. The lowest BCUT2D eigenvalue weighted by molar-refractivity contribution is -0.0400. The molecule has 2 amide bonds. The number of urea groups is 1. The number of nitrogens with zero attached hydrogens (tertiary/aromatic N) is 1. The van der Waals surface area contributed by atoms with Crippen LogP contribution in [0.2, 0.25) is 10.0 Å². The van der Waals surface area contributed by atoms with Crippen molar-refractivity contribution in [1.29, 1.82) is 0 Å². The highest BCUT2D eigenvalue weighted by atomic mass is 35.5. The van der Waals surface area contributed by atoms with Crippen LogP contribution in [0.3, 0.4) is 0 Å². The zero-order valence-corrected chi connectivity index (χ0v) is 15.3. The molecule has 1 atom stereocenters. The zero-order valence-electron chi connectivity index (χ0n) is 13.8. The van der Waals surface area contributed by atoms with Gasteiger partial charge in [-0.05, 0) is 37.1 Å². The smallest absolute Gasteiger partial charge is 0.339 e. The number of rotatable bonds is 1. The summed E-state index contributed by atoms with van der Waals surface area (Å²) in [6.07, 6.45) is 1.45. The Kier molecular flexibility index (Phi) is 4.29. The minimum Gasteiger partial charge on any atom is -0.449 e. The largest absolute Gasteiger partial charge is 0.449 e. The van der Waals surface area contributed by atoms with Crippen LogP contribution in [-0.2, 0) is 10.3 Å². The Bertz CT molecular complexity index is 902. The van der Waals surface area contributed by atoms with Gasteiger partial charge in [0.25, 0.3) is 0 Å². The summed E-state index contributed by atoms with van der Waals surface area (Å²) in [5, 5.41) is 3.62. The number of carbonyl (C=O) groups is 2. The number of ether oxygens (including phenoxy) is 1. The molecular weight excluding hydrogens is 375 g/mol. The minimum absolute atomic E-state index is 0.261. The van der Waals surface area contributed by atoms with Gasteiger partial charge in [0.2, 0.25) is 0 Å². The summed E-state index contributed by atoms with van der Waals surface area (Å²) in [5.74, 6) is -0.327. The third-order valence-corrected chi connectivity index (χ3v) is 5.58. The van der Waals surface area contributed by atoms with Crippen LogP contribution >= 0.6 is 23.2 Å². The number of benzene rings is 2. The molecule has 1 saturated heterocycles. The molecule has 0 radical (unpaired) electrons. The van der Waals surface area contributed by atoms with Crippen molar-refractivity contribution in [3.05, 3.63) is 63.6 Å². The van der Waals surface area contributed by atoms with Crippen molar-refractivity contribution in [2.24, 2.45) is 0 Å². The lowest BCUT2D eigenvalue weighted by Crippen LogP contribution is -2.50. The molecule has 2 aliphatic rings. The van der Waals surface area contributed by atoms with E-state index in [1.807, 2.05) is 18.2 Å². The molecule has 0 aromatic heterocycles. The number of fused-ring (bicyclic) bond motifs is 2. The molecule has 7 heteroatoms. The molecule has 1 spiro atoms. The fourth-order valence-electron chi connectivity index (χ4n) is 3.62. The number of hydrogen-bond acceptors (Lipinski definition) is 3. The highest BCUT2D eigenvalue weighted by molar-refractivity contribution is 6.42. The molecule has 4 rings (SSSR count). The average Bonchev–Trinajstić information content (AvgIpc) is 2.90. The van der Waals surface area contributed by atoms with E-state index in [2.05, 4.69) is 5.32 Å². The average molecular weight is 391 g/mol. The van der Waals surface area contributed by atoms with Crippen LogP contribution in [-0.4, -0.2) is 30.0 Å². The molecule has 2 heterocycles. The highest BCUT2D eigenvalue weighted by Gasteiger charge is 2.48. The zero-order chi connectivity index (χ0) is 18.3. The molecule has 0 saturated carbocycles. The van der Waals surface area contributed by atoms with Gasteiger partial charge in [0.05, 0.1) is 22.2 Å². The highest BCUT2D eigenvalue weighted by Crippen LogP contribution is 2.42. The van der Waals surface area contributed by atoms with Crippen LogP contribution in [0.15, 0.2) is 42.5 Å². The Morgan fingerprint density at radius 2 is 1.96 bits per heavy atom. The van der Waals surface area contributed by atoms with E-state index in [0.717, 1.165) is 12.0 Å². The number of esters is 1. The van der Waals surface area contributed by atoms with E-state index in [9.17, 15) is 9.59 Å². The predicted octanol–water partition coefficient (Wildman–Crippen LogP) is 4.69. The molecular formula is C19H16Cl2N2O3. The molecule has 26 heavy (non-hydrogen) atoms. The van der Waals surface area contributed by atoms with Crippen molar-refractivity contribution in [3.63, 3.8) is 0 Å². The lowest BCUT2D eigenvalue weighted by Gasteiger charge is -2.39. The van der Waals surface area contributed by atoms with Gasteiger partial charge >= 0.3 is 12.0 Å². The molecule has 2 aromatic carbocycles. The van der Waals surface area contributed by atoms with E-state index in [4.69, 9.17) is 27.9 Å². The third-order valence-electron chi connectivity index (χ3n) is 4.84. The predicted molar refractivity (Wildman–Crippen MR) is 99.8 cm³/mol. The number of likely N-dealkylation sites (tertiary alicyclic amines) is 1. The number of halogens is 2. The van der Waals surface area contributed by atoms with E-state index < -0.39 is 5.60 Å². The summed E-state index contributed by atoms with van der Waals surface area (Å²) in [5.41, 5.74) is 1.24. The van der Waals surface area contributed by atoms with E-state index in [1.54, 1.807) is 29.2 Å². The summed E-state index contributed by atoms with van der Waals surface area (Å²) in [6.45, 7) is 0.914. The molecule has 0 aliphatic carbocycles. The van der Waals surface area contributed by atoms with Crippen LogP contribution in [0.4, 0.5) is 10.5 Å². The number of carbonyl (C=O) groups excluding carboxylic acids is 2. The van der Waals surface area contributed by atoms with E-state index in [0.29, 0.717) is 40.8 Å². The normalized spacial score (nSPS) is 21.5. The Balaban J connectivity index is 1.55. The molecule has 2 aliphatic heterocycles. The lowest BCUT2D eigenvalue weighted by atomic mass is 9.85. The number of piperidine rings is 1. The minimum atomic E-state index is -0.763. The number of anilines is 1. The number of nitrogens with one attached hydrogen (secondary N) is 1. The molecule has 1 N–H and O–H groups in total. The van der Waals surface area contributed by atoms with Crippen LogP contribution in [0, 0.1) is 0 Å². The van der Waals surface area contributed by atoms with E-state index >= 15 is 0 Å². The van der Waals surface area contributed by atoms with Crippen LogP contribution in [0.5, 0.6) is 0 Å². The summed E-state index contributed by atoms with van der Waals surface area (Å²) < 4.78 is 5.73. The molecule has 1 fully saturated rings. The van der Waals surface area contributed by atoms with Gasteiger partial charge < -0.3 is 15.0 Å². The second kappa shape index (κ2) is 6.49. The van der Waals surface area contributed by atoms with Crippen molar-refractivity contribution in [2.75, 3.05) is 18.4 Å². The quantitative estimate of drug-likeness (QED) is 0.718. The van der Waals surface area contributed by atoms with Crippen molar-refractivity contribution in [3.8, 4) is 0 Å². The van der Waals surface area contributed by atoms with Gasteiger partial charge in [0.1, 0.15) is 0 Å². The molecule has 2 aromatic rings. The Morgan fingerprint density at radius 1 is 1.15 bits per heavy atom. The van der Waals surface area contributed by atoms with Crippen molar-refractivity contribution >= 4 is 40.9 Å². The summed E-state index contributed by atoms with van der Waals surface area (Å²) in [4.78, 5) is 26.6. The van der Waals surface area contributed by atoms with Gasteiger partial charge in [0.15, 0.2) is 5.60 Å². The Labute approximate surface area is 160 Å². The monoisotopic (exact) mass is 390 g/mol. The molecule has 5 nitrogen and oxygen atoms in total. The van der Waals surface area contributed by atoms with Gasteiger partial charge in [0, 0.05) is 17.8 Å². The maximum Gasteiger partial charge on any atom is 0.339 e.